The van der Waals surface area contributed by atoms with Crippen LogP contribution in [-0.4, -0.2) is 22.5 Å². The van der Waals surface area contributed by atoms with E-state index in [4.69, 9.17) is 23.2 Å². The van der Waals surface area contributed by atoms with Gasteiger partial charge in [0.15, 0.2) is 0 Å². The Hall–Kier alpha value is -1.52. The fourth-order valence-corrected chi connectivity index (χ4v) is 2.14. The van der Waals surface area contributed by atoms with Crippen molar-refractivity contribution in [1.29, 1.82) is 0 Å². The van der Waals surface area contributed by atoms with Crippen LogP contribution in [0.15, 0.2) is 30.6 Å². The van der Waals surface area contributed by atoms with Gasteiger partial charge in [0.1, 0.15) is 12.4 Å². The fraction of sp³-hybridized carbons (Fsp3) is 0.167. The van der Waals surface area contributed by atoms with Crippen molar-refractivity contribution in [2.75, 3.05) is 7.05 Å². The van der Waals surface area contributed by atoms with Gasteiger partial charge >= 0.3 is 0 Å². The Labute approximate surface area is 115 Å². The predicted octanol–water partition coefficient (Wildman–Crippen LogP) is 2.60. The van der Waals surface area contributed by atoms with Gasteiger partial charge in [0.25, 0.3) is 0 Å². The zero-order valence-corrected chi connectivity index (χ0v) is 11.2. The van der Waals surface area contributed by atoms with Crippen LogP contribution in [-0.2, 0) is 11.3 Å². The van der Waals surface area contributed by atoms with Crippen LogP contribution < -0.4 is 5.32 Å². The van der Waals surface area contributed by atoms with Crippen LogP contribution in [0.25, 0.3) is 11.4 Å². The summed E-state index contributed by atoms with van der Waals surface area (Å²) in [6.07, 6.45) is 3.37. The van der Waals surface area contributed by atoms with Crippen molar-refractivity contribution in [1.82, 2.24) is 14.9 Å². The number of hydrogen-bond donors (Lipinski definition) is 1. The molecule has 0 bridgehead atoms. The molecule has 0 atom stereocenters. The minimum atomic E-state index is -0.0950. The Bertz CT molecular complexity index is 560. The first-order valence-electron chi connectivity index (χ1n) is 5.28. The number of nitrogens with zero attached hydrogens (tertiary/aromatic N) is 2. The number of nitrogens with one attached hydrogen (secondary N) is 1. The summed E-state index contributed by atoms with van der Waals surface area (Å²) >= 11 is 11.9. The molecule has 0 spiro atoms. The third-order valence-corrected chi connectivity index (χ3v) is 2.87. The van der Waals surface area contributed by atoms with Crippen molar-refractivity contribution in [3.8, 4) is 11.4 Å². The summed E-state index contributed by atoms with van der Waals surface area (Å²) in [6, 6.07) is 5.17. The number of carbonyl (C=O) groups is 1. The highest BCUT2D eigenvalue weighted by Gasteiger charge is 2.10. The lowest BCUT2D eigenvalue weighted by Gasteiger charge is -2.07. The van der Waals surface area contributed by atoms with E-state index in [1.54, 1.807) is 42.2 Å². The number of amides is 1. The largest absolute Gasteiger partial charge is 0.358 e. The van der Waals surface area contributed by atoms with E-state index < -0.39 is 0 Å². The quantitative estimate of drug-likeness (QED) is 0.941. The molecule has 0 unspecified atom stereocenters. The summed E-state index contributed by atoms with van der Waals surface area (Å²) < 4.78 is 1.74. The monoisotopic (exact) mass is 283 g/mol. The van der Waals surface area contributed by atoms with Crippen LogP contribution in [0.1, 0.15) is 0 Å². The Morgan fingerprint density at radius 2 is 2.00 bits per heavy atom. The van der Waals surface area contributed by atoms with E-state index in [1.165, 1.54) is 0 Å². The van der Waals surface area contributed by atoms with Crippen LogP contribution >= 0.6 is 23.2 Å². The molecule has 2 rings (SSSR count). The average Bonchev–Trinajstić information content (AvgIpc) is 2.75. The molecule has 0 saturated carbocycles. The third-order valence-electron chi connectivity index (χ3n) is 2.43. The second kappa shape index (κ2) is 5.42. The van der Waals surface area contributed by atoms with Crippen LogP contribution in [0, 0.1) is 0 Å². The molecule has 1 N–H and O–H groups in total. The SMILES string of the molecule is CNC(=O)Cn1ccnc1-c1cc(Cl)cc(Cl)c1. The molecule has 94 valence electrons. The lowest BCUT2D eigenvalue weighted by molar-refractivity contribution is -0.121. The van der Waals surface area contributed by atoms with Crippen molar-refractivity contribution in [2.24, 2.45) is 0 Å². The van der Waals surface area contributed by atoms with E-state index in [0.29, 0.717) is 15.9 Å². The van der Waals surface area contributed by atoms with E-state index in [-0.39, 0.29) is 12.5 Å². The van der Waals surface area contributed by atoms with Crippen molar-refractivity contribution >= 4 is 29.1 Å². The second-order valence-corrected chi connectivity index (χ2v) is 4.58. The lowest BCUT2D eigenvalue weighted by Crippen LogP contribution is -2.23. The first-order chi connectivity index (χ1) is 8.60. The zero-order valence-electron chi connectivity index (χ0n) is 9.65. The number of halogens is 2. The predicted molar refractivity (Wildman–Crippen MR) is 71.7 cm³/mol. The maximum absolute atomic E-state index is 11.4. The number of hydrogen-bond acceptors (Lipinski definition) is 2. The third kappa shape index (κ3) is 2.83. The molecular weight excluding hydrogens is 273 g/mol. The number of aromatic nitrogens is 2. The molecule has 1 amide bonds. The maximum atomic E-state index is 11.4. The first kappa shape index (κ1) is 12.9. The van der Waals surface area contributed by atoms with Crippen LogP contribution in [0.4, 0.5) is 0 Å². The molecule has 4 nitrogen and oxygen atoms in total. The highest BCUT2D eigenvalue weighted by Crippen LogP contribution is 2.26. The summed E-state index contributed by atoms with van der Waals surface area (Å²) in [4.78, 5) is 15.6. The molecule has 1 aromatic heterocycles. The van der Waals surface area contributed by atoms with Crippen LogP contribution in [0.3, 0.4) is 0 Å². The molecule has 0 aliphatic heterocycles. The molecule has 0 saturated heterocycles. The first-order valence-corrected chi connectivity index (χ1v) is 6.04. The summed E-state index contributed by atoms with van der Waals surface area (Å²) in [5, 5.41) is 3.63. The Morgan fingerprint density at radius 1 is 1.33 bits per heavy atom. The number of carbonyl (C=O) groups excluding carboxylic acids is 1. The highest BCUT2D eigenvalue weighted by molar-refractivity contribution is 6.35. The summed E-state index contributed by atoms with van der Waals surface area (Å²) in [5.41, 5.74) is 0.779. The second-order valence-electron chi connectivity index (χ2n) is 3.71. The normalized spacial score (nSPS) is 10.4. The number of benzene rings is 1. The van der Waals surface area contributed by atoms with Crippen LogP contribution in [0.5, 0.6) is 0 Å². The molecule has 6 heteroatoms. The molecule has 1 aromatic carbocycles. The molecule has 18 heavy (non-hydrogen) atoms. The molecule has 1 heterocycles. The Morgan fingerprint density at radius 3 is 2.61 bits per heavy atom. The van der Waals surface area contributed by atoms with Gasteiger partial charge < -0.3 is 9.88 Å². The molecule has 0 aliphatic carbocycles. The van der Waals surface area contributed by atoms with E-state index >= 15 is 0 Å². The average molecular weight is 284 g/mol. The van der Waals surface area contributed by atoms with E-state index in [0.717, 1.165) is 5.56 Å². The summed E-state index contributed by atoms with van der Waals surface area (Å²) in [5.74, 6) is 0.561. The van der Waals surface area contributed by atoms with Gasteiger partial charge in [0.05, 0.1) is 0 Å². The van der Waals surface area contributed by atoms with E-state index in [2.05, 4.69) is 10.3 Å². The smallest absolute Gasteiger partial charge is 0.239 e. The van der Waals surface area contributed by atoms with Gasteiger partial charge in [0.2, 0.25) is 5.91 Å². The van der Waals surface area contributed by atoms with Crippen LogP contribution in [0.2, 0.25) is 10.0 Å². The van der Waals surface area contributed by atoms with Crippen molar-refractivity contribution < 1.29 is 4.79 Å². The van der Waals surface area contributed by atoms with Gasteiger partial charge in [-0.1, -0.05) is 23.2 Å². The van der Waals surface area contributed by atoms with Crippen molar-refractivity contribution in [3.63, 3.8) is 0 Å². The maximum Gasteiger partial charge on any atom is 0.239 e. The molecular formula is C12H11Cl2N3O. The molecule has 2 aromatic rings. The van der Waals surface area contributed by atoms with Gasteiger partial charge in [-0.05, 0) is 18.2 Å². The standard InChI is InChI=1S/C12H11Cl2N3O/c1-15-11(18)7-17-3-2-16-12(17)8-4-9(13)6-10(14)5-8/h2-6H,7H2,1H3,(H,15,18). The van der Waals surface area contributed by atoms with E-state index in [1.807, 2.05) is 0 Å². The van der Waals surface area contributed by atoms with E-state index in [9.17, 15) is 4.79 Å². The van der Waals surface area contributed by atoms with Gasteiger partial charge in [-0.3, -0.25) is 4.79 Å². The van der Waals surface area contributed by atoms with Gasteiger partial charge in [0, 0.05) is 35.1 Å². The number of likely N-dealkylation sites (N-methyl/N-ethyl adjacent to an activating group) is 1. The number of rotatable bonds is 3. The van der Waals surface area contributed by atoms with Gasteiger partial charge in [-0.2, -0.15) is 0 Å². The molecule has 0 fully saturated rings. The fourth-order valence-electron chi connectivity index (χ4n) is 1.61. The van der Waals surface area contributed by atoms with Gasteiger partial charge in [-0.25, -0.2) is 4.98 Å². The number of imidazole rings is 1. The molecule has 0 radical (unpaired) electrons. The van der Waals surface area contributed by atoms with Gasteiger partial charge in [-0.15, -0.1) is 0 Å². The highest BCUT2D eigenvalue weighted by atomic mass is 35.5. The van der Waals surface area contributed by atoms with Crippen molar-refractivity contribution in [2.45, 2.75) is 6.54 Å². The summed E-state index contributed by atoms with van der Waals surface area (Å²) in [7, 11) is 1.59. The molecule has 0 aliphatic rings. The van der Waals surface area contributed by atoms with Crippen molar-refractivity contribution in [3.05, 3.63) is 40.6 Å². The summed E-state index contributed by atoms with van der Waals surface area (Å²) in [6.45, 7) is 0.204. The minimum Gasteiger partial charge on any atom is -0.358 e. The minimum absolute atomic E-state index is 0.0950. The lowest BCUT2D eigenvalue weighted by atomic mass is 10.2. The zero-order chi connectivity index (χ0) is 13.1. The topological polar surface area (TPSA) is 46.9 Å². The Balaban J connectivity index is 2.39. The Kier molecular flexibility index (Phi) is 3.89.